The van der Waals surface area contributed by atoms with Gasteiger partial charge in [-0.25, -0.2) is 4.98 Å². The average molecular weight is 272 g/mol. The Morgan fingerprint density at radius 1 is 1.25 bits per heavy atom. The maximum Gasteiger partial charge on any atom is 0.132 e. The van der Waals surface area contributed by atoms with Crippen LogP contribution in [0.15, 0.2) is 30.6 Å². The van der Waals surface area contributed by atoms with Gasteiger partial charge in [-0.05, 0) is 38.4 Å². The molecule has 1 N–H and O–H groups in total. The van der Waals surface area contributed by atoms with E-state index in [2.05, 4.69) is 52.0 Å². The molecule has 0 aliphatic rings. The summed E-state index contributed by atoms with van der Waals surface area (Å²) in [6, 6.07) is 6.23. The Bertz CT molecular complexity index is 533. The van der Waals surface area contributed by atoms with E-state index in [1.807, 2.05) is 19.2 Å². The number of pyridine rings is 1. The molecule has 0 fully saturated rings. The van der Waals surface area contributed by atoms with Crippen molar-refractivity contribution in [3.05, 3.63) is 47.8 Å². The van der Waals surface area contributed by atoms with Crippen LogP contribution in [0.25, 0.3) is 0 Å². The summed E-state index contributed by atoms with van der Waals surface area (Å²) >= 11 is 0. The number of aryl methyl sites for hydroxylation is 2. The molecule has 0 aliphatic carbocycles. The molecule has 2 heterocycles. The second-order valence-corrected chi connectivity index (χ2v) is 5.07. The van der Waals surface area contributed by atoms with Gasteiger partial charge in [0.25, 0.3) is 0 Å². The average Bonchev–Trinajstić information content (AvgIpc) is 2.88. The van der Waals surface area contributed by atoms with Crippen LogP contribution in [0, 0.1) is 6.92 Å². The van der Waals surface area contributed by atoms with E-state index in [0.29, 0.717) is 0 Å². The van der Waals surface area contributed by atoms with Crippen LogP contribution in [0.1, 0.15) is 49.9 Å². The van der Waals surface area contributed by atoms with Gasteiger partial charge in [-0.2, -0.15) is 0 Å². The SMILES string of the molecule is CCCNC(c1cccc(C)n1)c1nccn1CCC. The van der Waals surface area contributed by atoms with Crippen molar-refractivity contribution in [2.75, 3.05) is 6.54 Å². The lowest BCUT2D eigenvalue weighted by atomic mass is 10.1. The van der Waals surface area contributed by atoms with Crippen molar-refractivity contribution in [2.24, 2.45) is 0 Å². The molecule has 0 bridgehead atoms. The van der Waals surface area contributed by atoms with Gasteiger partial charge in [0, 0.05) is 24.6 Å². The first-order valence-electron chi connectivity index (χ1n) is 7.44. The summed E-state index contributed by atoms with van der Waals surface area (Å²) in [5.74, 6) is 1.05. The summed E-state index contributed by atoms with van der Waals surface area (Å²) < 4.78 is 2.22. The van der Waals surface area contributed by atoms with E-state index >= 15 is 0 Å². The molecule has 0 aromatic carbocycles. The number of aromatic nitrogens is 3. The third kappa shape index (κ3) is 3.45. The first kappa shape index (κ1) is 14.7. The van der Waals surface area contributed by atoms with Gasteiger partial charge in [-0.15, -0.1) is 0 Å². The predicted molar refractivity (Wildman–Crippen MR) is 81.6 cm³/mol. The van der Waals surface area contributed by atoms with Crippen molar-refractivity contribution in [1.29, 1.82) is 0 Å². The normalized spacial score (nSPS) is 12.6. The standard InChI is InChI=1S/C16H24N4/c1-4-9-17-15(14-8-6-7-13(3)19-14)16-18-10-12-20(16)11-5-2/h6-8,10,12,15,17H,4-5,9,11H2,1-3H3. The van der Waals surface area contributed by atoms with Crippen molar-refractivity contribution in [3.8, 4) is 0 Å². The number of nitrogens with one attached hydrogen (secondary N) is 1. The molecule has 0 saturated heterocycles. The van der Waals surface area contributed by atoms with Crippen LogP contribution in [0.4, 0.5) is 0 Å². The van der Waals surface area contributed by atoms with Gasteiger partial charge in [-0.1, -0.05) is 19.9 Å². The number of imidazole rings is 1. The highest BCUT2D eigenvalue weighted by Gasteiger charge is 2.19. The summed E-state index contributed by atoms with van der Waals surface area (Å²) in [5, 5.41) is 3.57. The van der Waals surface area contributed by atoms with Crippen LogP contribution in [-0.2, 0) is 6.54 Å². The van der Waals surface area contributed by atoms with E-state index < -0.39 is 0 Å². The lowest BCUT2D eigenvalue weighted by Crippen LogP contribution is -2.27. The highest BCUT2D eigenvalue weighted by Crippen LogP contribution is 2.19. The topological polar surface area (TPSA) is 42.7 Å². The number of rotatable bonds is 7. The predicted octanol–water partition coefficient (Wildman–Crippen LogP) is 3.09. The van der Waals surface area contributed by atoms with E-state index in [0.717, 1.165) is 43.1 Å². The van der Waals surface area contributed by atoms with Crippen LogP contribution in [-0.4, -0.2) is 21.1 Å². The number of hydrogen-bond donors (Lipinski definition) is 1. The lowest BCUT2D eigenvalue weighted by Gasteiger charge is -2.19. The first-order chi connectivity index (χ1) is 9.76. The Morgan fingerprint density at radius 2 is 2.10 bits per heavy atom. The maximum atomic E-state index is 4.67. The maximum absolute atomic E-state index is 4.67. The molecule has 0 amide bonds. The Labute approximate surface area is 121 Å². The van der Waals surface area contributed by atoms with Crippen molar-refractivity contribution in [1.82, 2.24) is 19.9 Å². The first-order valence-corrected chi connectivity index (χ1v) is 7.44. The molecular weight excluding hydrogens is 248 g/mol. The second kappa shape index (κ2) is 7.20. The zero-order valence-electron chi connectivity index (χ0n) is 12.6. The third-order valence-corrected chi connectivity index (χ3v) is 3.27. The minimum atomic E-state index is 0.0661. The molecule has 2 aromatic rings. The molecule has 0 saturated carbocycles. The molecule has 20 heavy (non-hydrogen) atoms. The van der Waals surface area contributed by atoms with Gasteiger partial charge >= 0.3 is 0 Å². The van der Waals surface area contributed by atoms with E-state index in [1.165, 1.54) is 0 Å². The summed E-state index contributed by atoms with van der Waals surface area (Å²) in [4.78, 5) is 9.22. The highest BCUT2D eigenvalue weighted by atomic mass is 15.1. The third-order valence-electron chi connectivity index (χ3n) is 3.27. The minimum absolute atomic E-state index is 0.0661. The van der Waals surface area contributed by atoms with Crippen molar-refractivity contribution >= 4 is 0 Å². The van der Waals surface area contributed by atoms with Gasteiger partial charge < -0.3 is 9.88 Å². The Hall–Kier alpha value is -1.68. The fourth-order valence-corrected chi connectivity index (χ4v) is 2.35. The van der Waals surface area contributed by atoms with Gasteiger partial charge in [0.1, 0.15) is 11.9 Å². The van der Waals surface area contributed by atoms with Crippen molar-refractivity contribution in [3.63, 3.8) is 0 Å². The molecule has 2 aromatic heterocycles. The molecule has 2 rings (SSSR count). The number of hydrogen-bond acceptors (Lipinski definition) is 3. The van der Waals surface area contributed by atoms with Crippen molar-refractivity contribution < 1.29 is 0 Å². The zero-order chi connectivity index (χ0) is 14.4. The summed E-state index contributed by atoms with van der Waals surface area (Å²) in [5.41, 5.74) is 2.08. The molecule has 4 heteroatoms. The van der Waals surface area contributed by atoms with Crippen LogP contribution in [0.3, 0.4) is 0 Å². The van der Waals surface area contributed by atoms with E-state index in [9.17, 15) is 0 Å². The highest BCUT2D eigenvalue weighted by molar-refractivity contribution is 5.20. The van der Waals surface area contributed by atoms with Crippen LogP contribution in [0.5, 0.6) is 0 Å². The van der Waals surface area contributed by atoms with Gasteiger partial charge in [0.2, 0.25) is 0 Å². The van der Waals surface area contributed by atoms with Crippen LogP contribution in [0.2, 0.25) is 0 Å². The van der Waals surface area contributed by atoms with Gasteiger partial charge in [0.05, 0.1) is 5.69 Å². The van der Waals surface area contributed by atoms with Gasteiger partial charge in [-0.3, -0.25) is 4.98 Å². The zero-order valence-corrected chi connectivity index (χ0v) is 12.6. The van der Waals surface area contributed by atoms with Crippen LogP contribution < -0.4 is 5.32 Å². The molecule has 0 spiro atoms. The smallest absolute Gasteiger partial charge is 0.132 e. The molecule has 4 nitrogen and oxygen atoms in total. The summed E-state index contributed by atoms with van der Waals surface area (Å²) in [6.45, 7) is 8.33. The van der Waals surface area contributed by atoms with E-state index in [-0.39, 0.29) is 6.04 Å². The Balaban J connectivity index is 2.33. The molecule has 1 unspecified atom stereocenters. The lowest BCUT2D eigenvalue weighted by molar-refractivity contribution is 0.521. The largest absolute Gasteiger partial charge is 0.333 e. The fraction of sp³-hybridized carbons (Fsp3) is 0.500. The fourth-order valence-electron chi connectivity index (χ4n) is 2.35. The second-order valence-electron chi connectivity index (χ2n) is 5.07. The van der Waals surface area contributed by atoms with E-state index in [4.69, 9.17) is 0 Å². The minimum Gasteiger partial charge on any atom is -0.333 e. The van der Waals surface area contributed by atoms with E-state index in [1.54, 1.807) is 0 Å². The Morgan fingerprint density at radius 3 is 2.80 bits per heavy atom. The van der Waals surface area contributed by atoms with Gasteiger partial charge in [0.15, 0.2) is 0 Å². The number of nitrogens with zero attached hydrogens (tertiary/aromatic N) is 3. The van der Waals surface area contributed by atoms with Crippen LogP contribution >= 0.6 is 0 Å². The molecular formula is C16H24N4. The monoisotopic (exact) mass is 272 g/mol. The quantitative estimate of drug-likeness (QED) is 0.842. The summed E-state index contributed by atoms with van der Waals surface area (Å²) in [6.07, 6.45) is 6.12. The molecule has 108 valence electrons. The Kier molecular flexibility index (Phi) is 5.30. The molecule has 0 radical (unpaired) electrons. The van der Waals surface area contributed by atoms with Crippen molar-refractivity contribution in [2.45, 2.75) is 46.2 Å². The molecule has 0 aliphatic heterocycles. The molecule has 1 atom stereocenters. The summed E-state index contributed by atoms with van der Waals surface area (Å²) in [7, 11) is 0.